The van der Waals surface area contributed by atoms with Gasteiger partial charge in [-0.1, -0.05) is 0 Å². The molecule has 1 atom stereocenters. The van der Waals surface area contributed by atoms with Gasteiger partial charge in [0.05, 0.1) is 139 Å². The topological polar surface area (TPSA) is 148 Å². The molecule has 1 unspecified atom stereocenters. The van der Waals surface area contributed by atoms with Crippen molar-refractivity contribution in [3.63, 3.8) is 0 Å². The van der Waals surface area contributed by atoms with Crippen LogP contribution in [0.15, 0.2) is 0 Å². The van der Waals surface area contributed by atoms with Crippen LogP contribution < -0.4 is 0 Å². The van der Waals surface area contributed by atoms with Crippen LogP contribution in [0.3, 0.4) is 0 Å². The molecular formula is C41H82O16. The molecule has 0 aromatic rings. The van der Waals surface area contributed by atoms with E-state index in [1.807, 2.05) is 0 Å². The molecule has 0 aromatic carbocycles. The van der Waals surface area contributed by atoms with E-state index in [4.69, 9.17) is 75.8 Å². The van der Waals surface area contributed by atoms with Crippen molar-refractivity contribution in [2.24, 2.45) is 41.4 Å². The highest BCUT2D eigenvalue weighted by atomic mass is 16.7. The quantitative estimate of drug-likeness (QED) is 0.0886. The molecule has 0 aromatic heterocycles. The van der Waals surface area contributed by atoms with Crippen molar-refractivity contribution in [2.75, 3.05) is 202 Å². The van der Waals surface area contributed by atoms with E-state index in [0.29, 0.717) is 145 Å². The summed E-state index contributed by atoms with van der Waals surface area (Å²) in [5.74, 6) is 0.458. The summed E-state index contributed by atoms with van der Waals surface area (Å²) in [5.41, 5.74) is 0. The van der Waals surface area contributed by atoms with E-state index in [-0.39, 0.29) is 47.7 Å². The van der Waals surface area contributed by atoms with Gasteiger partial charge in [-0.3, -0.25) is 0 Å². The third-order valence-electron chi connectivity index (χ3n) is 9.12. The molecule has 1 aliphatic rings. The Bertz CT molecular complexity index is 704. The standard InChI is InChI=1S/C41H82O16/c1-42-13-34(14-43-2)21-50-25-38(26-51-22-35(15-44-3)16-45-4)29-54-31-40(33-57-41-11-9-10-12-56-41)32-55-30-39(27-52-23-36(17-46-5)18-47-6)28-53-24-37(19-48-7)20-49-8/h34-41H,9-33H2,1-8H3. The van der Waals surface area contributed by atoms with Crippen LogP contribution in [0.1, 0.15) is 19.3 Å². The minimum absolute atomic E-state index is 0.00981. The molecule has 57 heavy (non-hydrogen) atoms. The Hall–Kier alpha value is -0.640. The Balaban J connectivity index is 2.92. The first kappa shape index (κ1) is 54.4. The fourth-order valence-corrected chi connectivity index (χ4v) is 6.39. The molecule has 0 radical (unpaired) electrons. The van der Waals surface area contributed by atoms with Gasteiger partial charge in [0.2, 0.25) is 0 Å². The molecule has 1 fully saturated rings. The minimum Gasteiger partial charge on any atom is -0.384 e. The Labute approximate surface area is 344 Å². The SMILES string of the molecule is COCC(COC)COCC(COCC(COC)COC)COCC(COCC(COCC(COC)COC)COCC(COC)COC)COC1CCCCO1. The zero-order valence-electron chi connectivity index (χ0n) is 36.8. The molecule has 1 heterocycles. The molecule has 0 aliphatic carbocycles. The van der Waals surface area contributed by atoms with Gasteiger partial charge in [0, 0.05) is 105 Å². The van der Waals surface area contributed by atoms with Gasteiger partial charge in [-0.25, -0.2) is 0 Å². The minimum atomic E-state index is -0.219. The lowest BCUT2D eigenvalue weighted by molar-refractivity contribution is -0.176. The summed E-state index contributed by atoms with van der Waals surface area (Å²) < 4.78 is 92.3. The average molecular weight is 831 g/mol. The van der Waals surface area contributed by atoms with Crippen molar-refractivity contribution in [3.05, 3.63) is 0 Å². The number of hydrogen-bond donors (Lipinski definition) is 0. The summed E-state index contributed by atoms with van der Waals surface area (Å²) >= 11 is 0. The highest BCUT2D eigenvalue weighted by Gasteiger charge is 2.22. The fraction of sp³-hybridized carbons (Fsp3) is 1.00. The van der Waals surface area contributed by atoms with Gasteiger partial charge >= 0.3 is 0 Å². The summed E-state index contributed by atoms with van der Waals surface area (Å²) in [6.07, 6.45) is 2.80. The third-order valence-corrected chi connectivity index (χ3v) is 9.12. The van der Waals surface area contributed by atoms with Gasteiger partial charge in [-0.15, -0.1) is 0 Å². The maximum Gasteiger partial charge on any atom is 0.157 e. The van der Waals surface area contributed by atoms with Crippen molar-refractivity contribution < 1.29 is 75.8 Å². The molecule has 1 aliphatic heterocycles. The molecule has 0 saturated carbocycles. The van der Waals surface area contributed by atoms with Gasteiger partial charge in [-0.05, 0) is 19.3 Å². The lowest BCUT2D eigenvalue weighted by atomic mass is 10.1. The summed E-state index contributed by atoms with van der Waals surface area (Å²) in [7, 11) is 13.5. The lowest BCUT2D eigenvalue weighted by Crippen LogP contribution is -2.32. The van der Waals surface area contributed by atoms with Crippen molar-refractivity contribution >= 4 is 0 Å². The van der Waals surface area contributed by atoms with Crippen molar-refractivity contribution in [3.8, 4) is 0 Å². The highest BCUT2D eigenvalue weighted by Crippen LogP contribution is 2.16. The number of rotatable bonds is 43. The van der Waals surface area contributed by atoms with E-state index in [1.54, 1.807) is 56.9 Å². The Morgan fingerprint density at radius 1 is 0.316 bits per heavy atom. The zero-order valence-corrected chi connectivity index (χ0v) is 36.8. The van der Waals surface area contributed by atoms with Gasteiger partial charge in [0.1, 0.15) is 0 Å². The van der Waals surface area contributed by atoms with Gasteiger partial charge in [0.25, 0.3) is 0 Å². The molecule has 0 amide bonds. The summed E-state index contributed by atoms with van der Waals surface area (Å²) in [6, 6.07) is 0. The van der Waals surface area contributed by atoms with Crippen LogP contribution in [-0.4, -0.2) is 209 Å². The van der Waals surface area contributed by atoms with Crippen molar-refractivity contribution in [1.29, 1.82) is 0 Å². The lowest BCUT2D eigenvalue weighted by Gasteiger charge is -2.27. The molecule has 0 N–H and O–H groups in total. The van der Waals surface area contributed by atoms with Crippen LogP contribution in [0.2, 0.25) is 0 Å². The van der Waals surface area contributed by atoms with E-state index in [2.05, 4.69) is 0 Å². The maximum absolute atomic E-state index is 6.38. The molecule has 0 bridgehead atoms. The van der Waals surface area contributed by atoms with Crippen LogP contribution in [0.5, 0.6) is 0 Å². The summed E-state index contributed by atoms with van der Waals surface area (Å²) in [6.45, 7) is 11.2. The van der Waals surface area contributed by atoms with Crippen LogP contribution in [-0.2, 0) is 75.8 Å². The Kier molecular flexibility index (Phi) is 37.7. The van der Waals surface area contributed by atoms with Gasteiger partial charge in [-0.2, -0.15) is 0 Å². The van der Waals surface area contributed by atoms with Gasteiger partial charge in [0.15, 0.2) is 6.29 Å². The first-order valence-electron chi connectivity index (χ1n) is 20.6. The average Bonchev–Trinajstić information content (AvgIpc) is 3.20. The molecular weight excluding hydrogens is 748 g/mol. The van der Waals surface area contributed by atoms with Crippen molar-refractivity contribution in [2.45, 2.75) is 25.6 Å². The normalized spacial score (nSPS) is 15.3. The fourth-order valence-electron chi connectivity index (χ4n) is 6.39. The third kappa shape index (κ3) is 30.1. The Morgan fingerprint density at radius 2 is 0.544 bits per heavy atom. The van der Waals surface area contributed by atoms with Crippen molar-refractivity contribution in [1.82, 2.24) is 0 Å². The summed E-state index contributed by atoms with van der Waals surface area (Å²) in [5, 5.41) is 0. The predicted octanol–water partition coefficient (Wildman–Crippen LogP) is 3.11. The zero-order chi connectivity index (χ0) is 41.6. The molecule has 16 heteroatoms. The van der Waals surface area contributed by atoms with E-state index >= 15 is 0 Å². The van der Waals surface area contributed by atoms with Crippen LogP contribution in [0, 0.1) is 41.4 Å². The van der Waals surface area contributed by atoms with E-state index in [1.165, 1.54) is 0 Å². The largest absolute Gasteiger partial charge is 0.384 e. The van der Waals surface area contributed by atoms with Crippen LogP contribution >= 0.6 is 0 Å². The van der Waals surface area contributed by atoms with E-state index in [9.17, 15) is 0 Å². The molecule has 1 saturated heterocycles. The second-order valence-corrected chi connectivity index (χ2v) is 15.1. The first-order valence-corrected chi connectivity index (χ1v) is 20.6. The second kappa shape index (κ2) is 39.5. The van der Waals surface area contributed by atoms with E-state index in [0.717, 1.165) is 19.3 Å². The maximum atomic E-state index is 6.38. The number of methoxy groups -OCH3 is 8. The molecule has 1 rings (SSSR count). The predicted molar refractivity (Wildman–Crippen MR) is 214 cm³/mol. The smallest absolute Gasteiger partial charge is 0.157 e. The molecule has 16 nitrogen and oxygen atoms in total. The molecule has 342 valence electrons. The number of hydrogen-bond acceptors (Lipinski definition) is 16. The monoisotopic (exact) mass is 831 g/mol. The number of ether oxygens (including phenoxy) is 16. The van der Waals surface area contributed by atoms with E-state index < -0.39 is 0 Å². The van der Waals surface area contributed by atoms with Crippen LogP contribution in [0.25, 0.3) is 0 Å². The Morgan fingerprint density at radius 3 is 0.754 bits per heavy atom. The van der Waals surface area contributed by atoms with Gasteiger partial charge < -0.3 is 75.8 Å². The highest BCUT2D eigenvalue weighted by molar-refractivity contribution is 4.66. The molecule has 0 spiro atoms. The summed E-state index contributed by atoms with van der Waals surface area (Å²) in [4.78, 5) is 0. The van der Waals surface area contributed by atoms with Crippen LogP contribution in [0.4, 0.5) is 0 Å². The first-order chi connectivity index (χ1) is 28.0. The second-order valence-electron chi connectivity index (χ2n) is 15.1.